The molecule has 3 heteroatoms. The molecule has 0 radical (unpaired) electrons. The van der Waals surface area contributed by atoms with Gasteiger partial charge in [0.05, 0.1) is 0 Å². The van der Waals surface area contributed by atoms with Crippen LogP contribution < -0.4 is 11.1 Å². The molecule has 2 unspecified atom stereocenters. The van der Waals surface area contributed by atoms with Crippen molar-refractivity contribution in [3.8, 4) is 0 Å². The van der Waals surface area contributed by atoms with Crippen LogP contribution in [0.1, 0.15) is 30.1 Å². The lowest BCUT2D eigenvalue weighted by Crippen LogP contribution is -2.30. The van der Waals surface area contributed by atoms with Gasteiger partial charge in [0, 0.05) is 23.1 Å². The highest BCUT2D eigenvalue weighted by atomic mass is 79.9. The lowest BCUT2D eigenvalue weighted by atomic mass is 10.0. The van der Waals surface area contributed by atoms with E-state index in [9.17, 15) is 0 Å². The fourth-order valence-corrected chi connectivity index (χ4v) is 2.74. The van der Waals surface area contributed by atoms with Crippen molar-refractivity contribution in [1.29, 1.82) is 0 Å². The van der Waals surface area contributed by atoms with Gasteiger partial charge in [-0.25, -0.2) is 0 Å². The summed E-state index contributed by atoms with van der Waals surface area (Å²) in [5, 5.41) is 3.59. The molecule has 2 aromatic carbocycles. The Kier molecular flexibility index (Phi) is 5.14. The Balaban J connectivity index is 2.14. The highest BCUT2D eigenvalue weighted by Gasteiger charge is 2.15. The number of benzene rings is 2. The molecule has 0 heterocycles. The molecule has 0 aromatic heterocycles. The van der Waals surface area contributed by atoms with Gasteiger partial charge in [-0.3, -0.25) is 0 Å². The molecule has 0 aliphatic rings. The summed E-state index contributed by atoms with van der Waals surface area (Å²) >= 11 is 3.59. The van der Waals surface area contributed by atoms with Gasteiger partial charge >= 0.3 is 0 Å². The van der Waals surface area contributed by atoms with E-state index in [-0.39, 0.29) is 12.1 Å². The van der Waals surface area contributed by atoms with Crippen LogP contribution in [0, 0.1) is 0 Å². The fraction of sp³-hybridized carbons (Fsp3) is 0.250. The minimum atomic E-state index is 0.144. The summed E-state index contributed by atoms with van der Waals surface area (Å²) in [4.78, 5) is 0. The Morgan fingerprint density at radius 2 is 1.68 bits per heavy atom. The smallest absolute Gasteiger partial charge is 0.0460 e. The summed E-state index contributed by atoms with van der Waals surface area (Å²) in [5.41, 5.74) is 8.39. The zero-order chi connectivity index (χ0) is 13.7. The molecule has 3 N–H and O–H groups in total. The van der Waals surface area contributed by atoms with E-state index in [2.05, 4.69) is 58.5 Å². The van der Waals surface area contributed by atoms with Crippen LogP contribution in [0.3, 0.4) is 0 Å². The highest BCUT2D eigenvalue weighted by molar-refractivity contribution is 9.10. The van der Waals surface area contributed by atoms with Crippen LogP contribution in [-0.4, -0.2) is 6.54 Å². The predicted octanol–water partition coefficient (Wildman–Crippen LogP) is 3.80. The van der Waals surface area contributed by atoms with Crippen LogP contribution in [0.2, 0.25) is 0 Å². The van der Waals surface area contributed by atoms with E-state index in [1.54, 1.807) is 0 Å². The van der Waals surface area contributed by atoms with E-state index in [4.69, 9.17) is 5.73 Å². The molecule has 0 spiro atoms. The second kappa shape index (κ2) is 6.85. The average molecular weight is 319 g/mol. The highest BCUT2D eigenvalue weighted by Crippen LogP contribution is 2.25. The Morgan fingerprint density at radius 1 is 1.05 bits per heavy atom. The summed E-state index contributed by atoms with van der Waals surface area (Å²) in [6.07, 6.45) is 0. The third-order valence-electron chi connectivity index (χ3n) is 3.27. The summed E-state index contributed by atoms with van der Waals surface area (Å²) in [6, 6.07) is 19.0. The van der Waals surface area contributed by atoms with Crippen molar-refractivity contribution in [2.24, 2.45) is 5.73 Å². The molecule has 0 aliphatic heterocycles. The number of nitrogens with two attached hydrogens (primary N) is 1. The Bertz CT molecular complexity index is 513. The van der Waals surface area contributed by atoms with E-state index >= 15 is 0 Å². The fourth-order valence-electron chi connectivity index (χ4n) is 2.18. The summed E-state index contributed by atoms with van der Waals surface area (Å²) < 4.78 is 1.10. The second-order valence-electron chi connectivity index (χ2n) is 4.61. The molecule has 2 nitrogen and oxygen atoms in total. The molecule has 2 atom stereocenters. The van der Waals surface area contributed by atoms with Crippen molar-refractivity contribution in [2.45, 2.75) is 19.0 Å². The minimum Gasteiger partial charge on any atom is -0.329 e. The maximum absolute atomic E-state index is 5.92. The van der Waals surface area contributed by atoms with Gasteiger partial charge in [-0.15, -0.1) is 0 Å². The quantitative estimate of drug-likeness (QED) is 0.880. The van der Waals surface area contributed by atoms with Crippen molar-refractivity contribution in [3.05, 3.63) is 70.2 Å². The summed E-state index contributed by atoms with van der Waals surface area (Å²) in [7, 11) is 0. The Labute approximate surface area is 123 Å². The number of hydrogen-bond acceptors (Lipinski definition) is 2. The molecule has 0 amide bonds. The number of halogens is 1. The monoisotopic (exact) mass is 318 g/mol. The van der Waals surface area contributed by atoms with Gasteiger partial charge < -0.3 is 11.1 Å². The van der Waals surface area contributed by atoms with Crippen LogP contribution in [0.4, 0.5) is 0 Å². The maximum atomic E-state index is 5.92. The number of rotatable bonds is 5. The standard InChI is InChI=1S/C16H19BrN2/c1-12(13-7-3-2-4-8-13)19-16(11-18)14-9-5-6-10-15(14)17/h2-10,12,16,19H,11,18H2,1H3. The minimum absolute atomic E-state index is 0.144. The van der Waals surface area contributed by atoms with Gasteiger partial charge in [0.25, 0.3) is 0 Å². The van der Waals surface area contributed by atoms with Crippen molar-refractivity contribution in [3.63, 3.8) is 0 Å². The summed E-state index contributed by atoms with van der Waals surface area (Å²) in [6.45, 7) is 2.73. The number of hydrogen-bond donors (Lipinski definition) is 2. The van der Waals surface area contributed by atoms with Crippen LogP contribution in [0.15, 0.2) is 59.1 Å². The van der Waals surface area contributed by atoms with Crippen LogP contribution >= 0.6 is 15.9 Å². The molecule has 2 aromatic rings. The van der Waals surface area contributed by atoms with Crippen molar-refractivity contribution < 1.29 is 0 Å². The zero-order valence-electron chi connectivity index (χ0n) is 11.0. The largest absolute Gasteiger partial charge is 0.329 e. The first-order valence-electron chi connectivity index (χ1n) is 6.48. The van der Waals surface area contributed by atoms with Gasteiger partial charge in [0.1, 0.15) is 0 Å². The van der Waals surface area contributed by atoms with Gasteiger partial charge in [0.15, 0.2) is 0 Å². The number of nitrogens with one attached hydrogen (secondary N) is 1. The molecule has 0 saturated carbocycles. The first-order chi connectivity index (χ1) is 9.22. The van der Waals surface area contributed by atoms with E-state index in [0.29, 0.717) is 6.54 Å². The normalized spacial score (nSPS) is 14.1. The van der Waals surface area contributed by atoms with Crippen molar-refractivity contribution in [1.82, 2.24) is 5.32 Å². The molecule has 0 saturated heterocycles. The molecule has 100 valence electrons. The first-order valence-corrected chi connectivity index (χ1v) is 7.27. The molecule has 0 fully saturated rings. The van der Waals surface area contributed by atoms with E-state index in [0.717, 1.165) is 4.47 Å². The molecule has 0 aliphatic carbocycles. The van der Waals surface area contributed by atoms with E-state index in [1.165, 1.54) is 11.1 Å². The SMILES string of the molecule is CC(NC(CN)c1ccccc1Br)c1ccccc1. The molecular formula is C16H19BrN2. The van der Waals surface area contributed by atoms with Crippen LogP contribution in [-0.2, 0) is 0 Å². The Morgan fingerprint density at radius 3 is 2.32 bits per heavy atom. The lowest BCUT2D eigenvalue weighted by Gasteiger charge is -2.23. The Hall–Kier alpha value is -1.16. The van der Waals surface area contributed by atoms with Gasteiger partial charge in [0.2, 0.25) is 0 Å². The third kappa shape index (κ3) is 3.66. The molecule has 2 rings (SSSR count). The maximum Gasteiger partial charge on any atom is 0.0460 e. The predicted molar refractivity (Wildman–Crippen MR) is 83.9 cm³/mol. The molecular weight excluding hydrogens is 300 g/mol. The molecule has 0 bridgehead atoms. The zero-order valence-corrected chi connectivity index (χ0v) is 12.6. The van der Waals surface area contributed by atoms with Gasteiger partial charge in [-0.2, -0.15) is 0 Å². The van der Waals surface area contributed by atoms with Gasteiger partial charge in [-0.05, 0) is 24.1 Å². The summed E-state index contributed by atoms with van der Waals surface area (Å²) in [5.74, 6) is 0. The second-order valence-corrected chi connectivity index (χ2v) is 5.46. The average Bonchev–Trinajstić information content (AvgIpc) is 2.46. The van der Waals surface area contributed by atoms with Crippen molar-refractivity contribution >= 4 is 15.9 Å². The van der Waals surface area contributed by atoms with E-state index in [1.807, 2.05) is 24.3 Å². The first kappa shape index (κ1) is 14.3. The van der Waals surface area contributed by atoms with Crippen LogP contribution in [0.5, 0.6) is 0 Å². The van der Waals surface area contributed by atoms with Gasteiger partial charge in [-0.1, -0.05) is 64.5 Å². The van der Waals surface area contributed by atoms with Crippen molar-refractivity contribution in [2.75, 3.05) is 6.54 Å². The third-order valence-corrected chi connectivity index (χ3v) is 3.99. The van der Waals surface area contributed by atoms with Crippen LogP contribution in [0.25, 0.3) is 0 Å². The molecule has 19 heavy (non-hydrogen) atoms. The topological polar surface area (TPSA) is 38.0 Å². The van der Waals surface area contributed by atoms with E-state index < -0.39 is 0 Å². The lowest BCUT2D eigenvalue weighted by molar-refractivity contribution is 0.472.